The molecule has 4 aliphatic rings. The molecule has 1 heterocycles. The molecule has 0 saturated heterocycles. The molecule has 6 rings (SSSR count). The third kappa shape index (κ3) is 3.10. The lowest BCUT2D eigenvalue weighted by molar-refractivity contribution is -0.142. The molecule has 4 saturated carbocycles. The zero-order valence-corrected chi connectivity index (χ0v) is 14.9. The highest BCUT2D eigenvalue weighted by molar-refractivity contribution is 5.30. The summed E-state index contributed by atoms with van der Waals surface area (Å²) in [7, 11) is 0. The Balaban J connectivity index is 1.28. The van der Waals surface area contributed by atoms with Gasteiger partial charge in [-0.1, -0.05) is 12.1 Å². The van der Waals surface area contributed by atoms with Crippen molar-refractivity contribution in [3.8, 4) is 11.8 Å². The first kappa shape index (κ1) is 16.2. The molecule has 4 fully saturated rings. The molecule has 0 amide bonds. The van der Waals surface area contributed by atoms with E-state index in [1.807, 2.05) is 18.2 Å². The summed E-state index contributed by atoms with van der Waals surface area (Å²) in [5.41, 5.74) is 0.867. The minimum Gasteiger partial charge on any atom is -0.424 e. The molecule has 26 heavy (non-hydrogen) atoms. The predicted octanol–water partition coefficient (Wildman–Crippen LogP) is 3.44. The number of hydrogen-bond donors (Lipinski definition) is 2. The van der Waals surface area contributed by atoms with Crippen molar-refractivity contribution in [3.63, 3.8) is 0 Å². The first-order chi connectivity index (χ1) is 12.6. The van der Waals surface area contributed by atoms with Crippen LogP contribution in [0.4, 0.5) is 0 Å². The summed E-state index contributed by atoms with van der Waals surface area (Å²) in [6, 6.07) is 10.2. The first-order valence-electron chi connectivity index (χ1n) is 9.61. The summed E-state index contributed by atoms with van der Waals surface area (Å²) >= 11 is 0. The molecule has 2 N–H and O–H groups in total. The molecule has 0 radical (unpaired) electrons. The molecule has 1 aromatic carbocycles. The minimum absolute atomic E-state index is 0.109. The average Bonchev–Trinajstić information content (AvgIpc) is 2.59. The summed E-state index contributed by atoms with van der Waals surface area (Å²) in [6.45, 7) is 0.794. The average molecular weight is 351 g/mol. The lowest BCUT2D eigenvalue weighted by Crippen LogP contribution is -2.64. The van der Waals surface area contributed by atoms with Crippen LogP contribution in [0, 0.1) is 11.8 Å². The second-order valence-electron chi connectivity index (χ2n) is 8.60. The summed E-state index contributed by atoms with van der Waals surface area (Å²) in [6.07, 6.45) is 9.99. The summed E-state index contributed by atoms with van der Waals surface area (Å²) in [4.78, 5) is 8.21. The lowest BCUT2D eigenvalue weighted by Gasteiger charge is -2.60. The Hall–Kier alpha value is -1.98. The number of rotatable bonds is 5. The van der Waals surface area contributed by atoms with Crippen LogP contribution in [0.3, 0.4) is 0 Å². The number of hydrogen-bond acceptors (Lipinski definition) is 5. The minimum atomic E-state index is -0.424. The second-order valence-corrected chi connectivity index (χ2v) is 8.60. The van der Waals surface area contributed by atoms with Crippen molar-refractivity contribution in [2.75, 3.05) is 0 Å². The van der Waals surface area contributed by atoms with Gasteiger partial charge in [-0.2, -0.15) is 0 Å². The molecular formula is C21H25N3O2. The predicted molar refractivity (Wildman–Crippen MR) is 97.8 cm³/mol. The van der Waals surface area contributed by atoms with Crippen LogP contribution in [0.1, 0.15) is 44.1 Å². The SMILES string of the molecule is OC12C[C@H]3C[C@@H](C1)CC(NCc1cccc(Oc4ncccn4)c1)(C3)C2. The topological polar surface area (TPSA) is 67.3 Å². The fourth-order valence-corrected chi connectivity index (χ4v) is 5.87. The van der Waals surface area contributed by atoms with Gasteiger partial charge in [-0.05, 0) is 74.1 Å². The number of aromatic nitrogens is 2. The second kappa shape index (κ2) is 6.03. The van der Waals surface area contributed by atoms with Crippen LogP contribution < -0.4 is 10.1 Å². The van der Waals surface area contributed by atoms with E-state index in [-0.39, 0.29) is 5.54 Å². The van der Waals surface area contributed by atoms with E-state index in [2.05, 4.69) is 21.4 Å². The third-order valence-corrected chi connectivity index (χ3v) is 6.35. The Morgan fingerprint density at radius 3 is 2.58 bits per heavy atom. The van der Waals surface area contributed by atoms with Gasteiger partial charge in [-0.15, -0.1) is 0 Å². The highest BCUT2D eigenvalue weighted by Gasteiger charge is 2.56. The van der Waals surface area contributed by atoms with Crippen LogP contribution in [0.15, 0.2) is 42.7 Å². The van der Waals surface area contributed by atoms with Gasteiger partial charge in [0.1, 0.15) is 5.75 Å². The zero-order chi connectivity index (χ0) is 17.6. The molecule has 5 heteroatoms. The maximum atomic E-state index is 10.9. The Labute approximate surface area is 153 Å². The van der Waals surface area contributed by atoms with Crippen LogP contribution in [0.25, 0.3) is 0 Å². The fraction of sp³-hybridized carbons (Fsp3) is 0.524. The van der Waals surface area contributed by atoms with E-state index >= 15 is 0 Å². The van der Waals surface area contributed by atoms with Gasteiger partial charge in [-0.25, -0.2) is 9.97 Å². The van der Waals surface area contributed by atoms with E-state index in [0.717, 1.165) is 31.6 Å². The van der Waals surface area contributed by atoms with Crippen molar-refractivity contribution in [3.05, 3.63) is 48.3 Å². The molecule has 1 aromatic heterocycles. The summed E-state index contributed by atoms with van der Waals surface area (Å²) < 4.78 is 5.74. The van der Waals surface area contributed by atoms with Gasteiger partial charge >= 0.3 is 6.01 Å². The normalized spacial score (nSPS) is 34.8. The number of nitrogens with one attached hydrogen (secondary N) is 1. The number of nitrogens with zero attached hydrogens (tertiary/aromatic N) is 2. The highest BCUT2D eigenvalue weighted by Crippen LogP contribution is 2.57. The van der Waals surface area contributed by atoms with E-state index in [0.29, 0.717) is 17.8 Å². The largest absolute Gasteiger partial charge is 0.424 e. The van der Waals surface area contributed by atoms with Crippen LogP contribution in [-0.2, 0) is 6.54 Å². The third-order valence-electron chi connectivity index (χ3n) is 6.35. The number of ether oxygens (including phenoxy) is 1. The maximum Gasteiger partial charge on any atom is 0.321 e. The van der Waals surface area contributed by atoms with Gasteiger partial charge in [0.15, 0.2) is 0 Å². The molecule has 0 aliphatic heterocycles. The Bertz CT molecular complexity index is 781. The number of benzene rings is 1. The van der Waals surface area contributed by atoms with Gasteiger partial charge in [-0.3, -0.25) is 0 Å². The van der Waals surface area contributed by atoms with E-state index in [1.54, 1.807) is 18.5 Å². The monoisotopic (exact) mass is 351 g/mol. The smallest absolute Gasteiger partial charge is 0.321 e. The van der Waals surface area contributed by atoms with E-state index in [4.69, 9.17) is 4.74 Å². The van der Waals surface area contributed by atoms with Crippen molar-refractivity contribution < 1.29 is 9.84 Å². The van der Waals surface area contributed by atoms with Crippen LogP contribution in [-0.4, -0.2) is 26.2 Å². The molecule has 5 nitrogen and oxygen atoms in total. The van der Waals surface area contributed by atoms with Crippen LogP contribution in [0.5, 0.6) is 11.8 Å². The Morgan fingerprint density at radius 1 is 1.08 bits per heavy atom. The first-order valence-corrected chi connectivity index (χ1v) is 9.61. The molecule has 4 bridgehead atoms. The van der Waals surface area contributed by atoms with Crippen LogP contribution >= 0.6 is 0 Å². The molecule has 2 aromatic rings. The summed E-state index contributed by atoms with van der Waals surface area (Å²) in [5.74, 6) is 2.14. The quantitative estimate of drug-likeness (QED) is 0.864. The molecule has 4 aliphatic carbocycles. The summed E-state index contributed by atoms with van der Waals surface area (Å²) in [5, 5.41) is 14.7. The van der Waals surface area contributed by atoms with Crippen molar-refractivity contribution in [2.45, 2.75) is 56.2 Å². The van der Waals surface area contributed by atoms with E-state index in [9.17, 15) is 5.11 Å². The highest BCUT2D eigenvalue weighted by atomic mass is 16.5. The van der Waals surface area contributed by atoms with Crippen LogP contribution in [0.2, 0.25) is 0 Å². The lowest BCUT2D eigenvalue weighted by atomic mass is 9.51. The number of aliphatic hydroxyl groups is 1. The van der Waals surface area contributed by atoms with Gasteiger partial charge in [0.25, 0.3) is 0 Å². The van der Waals surface area contributed by atoms with Crippen molar-refractivity contribution in [1.82, 2.24) is 15.3 Å². The zero-order valence-electron chi connectivity index (χ0n) is 14.9. The van der Waals surface area contributed by atoms with Gasteiger partial charge in [0.2, 0.25) is 0 Å². The maximum absolute atomic E-state index is 10.9. The van der Waals surface area contributed by atoms with Crippen molar-refractivity contribution in [1.29, 1.82) is 0 Å². The molecule has 136 valence electrons. The van der Waals surface area contributed by atoms with Gasteiger partial charge < -0.3 is 15.2 Å². The fourth-order valence-electron chi connectivity index (χ4n) is 5.87. The van der Waals surface area contributed by atoms with E-state index in [1.165, 1.54) is 24.8 Å². The Morgan fingerprint density at radius 2 is 1.85 bits per heavy atom. The molecule has 4 atom stereocenters. The van der Waals surface area contributed by atoms with E-state index < -0.39 is 5.60 Å². The molecule has 0 spiro atoms. The van der Waals surface area contributed by atoms with Gasteiger partial charge in [0.05, 0.1) is 5.60 Å². The molecular weight excluding hydrogens is 326 g/mol. The van der Waals surface area contributed by atoms with Crippen molar-refractivity contribution >= 4 is 0 Å². The standard InChI is InChI=1S/C21H25N3O2/c25-21-11-16-7-17(12-21)10-20(9-16,14-21)24-13-15-3-1-4-18(8-15)26-19-22-5-2-6-23-19/h1-6,8,16-17,24-25H,7,9-14H2/t16-,17+,20?,21?. The van der Waals surface area contributed by atoms with Gasteiger partial charge in [0, 0.05) is 24.5 Å². The van der Waals surface area contributed by atoms with Crippen molar-refractivity contribution in [2.24, 2.45) is 11.8 Å². The Kier molecular flexibility index (Phi) is 3.76. The molecule has 2 unspecified atom stereocenters.